The molecule has 0 spiro atoms. The SMILES string of the molecule is NC1CCOCCC1CCC(=O)O. The van der Waals surface area contributed by atoms with Crippen LogP contribution in [-0.4, -0.2) is 30.3 Å². The van der Waals surface area contributed by atoms with Gasteiger partial charge in [-0.3, -0.25) is 4.79 Å². The Balaban J connectivity index is 2.31. The second-order valence-electron chi connectivity index (χ2n) is 3.55. The van der Waals surface area contributed by atoms with E-state index >= 15 is 0 Å². The van der Waals surface area contributed by atoms with Gasteiger partial charge in [0.15, 0.2) is 0 Å². The lowest BCUT2D eigenvalue weighted by Crippen LogP contribution is -2.30. The summed E-state index contributed by atoms with van der Waals surface area (Å²) in [6.45, 7) is 1.43. The molecular weight excluding hydrogens is 170 g/mol. The zero-order valence-electron chi connectivity index (χ0n) is 7.74. The lowest BCUT2D eigenvalue weighted by Gasteiger charge is -2.19. The van der Waals surface area contributed by atoms with Crippen LogP contribution in [0.4, 0.5) is 0 Å². The van der Waals surface area contributed by atoms with Gasteiger partial charge in [0.25, 0.3) is 0 Å². The smallest absolute Gasteiger partial charge is 0.303 e. The minimum absolute atomic E-state index is 0.113. The average molecular weight is 187 g/mol. The zero-order valence-corrected chi connectivity index (χ0v) is 7.74. The Morgan fingerprint density at radius 1 is 1.46 bits per heavy atom. The standard InChI is InChI=1S/C9H17NO3/c10-8-4-6-13-5-3-7(8)1-2-9(11)12/h7-8H,1-6,10H2,(H,11,12). The van der Waals surface area contributed by atoms with Gasteiger partial charge in [-0.25, -0.2) is 0 Å². The molecule has 1 aliphatic heterocycles. The summed E-state index contributed by atoms with van der Waals surface area (Å²) >= 11 is 0. The van der Waals surface area contributed by atoms with Gasteiger partial charge in [-0.2, -0.15) is 0 Å². The van der Waals surface area contributed by atoms with Crippen LogP contribution in [0.25, 0.3) is 0 Å². The second kappa shape index (κ2) is 5.19. The Morgan fingerprint density at radius 2 is 2.15 bits per heavy atom. The third kappa shape index (κ3) is 3.74. The van der Waals surface area contributed by atoms with Crippen molar-refractivity contribution >= 4 is 5.97 Å². The summed E-state index contributed by atoms with van der Waals surface area (Å²) in [5.41, 5.74) is 5.89. The predicted octanol–water partition coefficient (Wildman–Crippen LogP) is 0.605. The summed E-state index contributed by atoms with van der Waals surface area (Å²) in [5.74, 6) is -0.420. The number of aliphatic carboxylic acids is 1. The van der Waals surface area contributed by atoms with Crippen molar-refractivity contribution in [1.29, 1.82) is 0 Å². The molecule has 1 saturated heterocycles. The fourth-order valence-electron chi connectivity index (χ4n) is 1.67. The monoisotopic (exact) mass is 187 g/mol. The maximum absolute atomic E-state index is 10.4. The molecule has 1 fully saturated rings. The Bertz CT molecular complexity index is 172. The first-order valence-electron chi connectivity index (χ1n) is 4.75. The van der Waals surface area contributed by atoms with Crippen molar-refractivity contribution < 1.29 is 14.6 Å². The number of carboxylic acids is 1. The molecule has 1 aliphatic rings. The van der Waals surface area contributed by atoms with Crippen LogP contribution < -0.4 is 5.73 Å². The molecule has 1 rings (SSSR count). The third-order valence-electron chi connectivity index (χ3n) is 2.56. The molecule has 0 bridgehead atoms. The molecule has 0 amide bonds. The van der Waals surface area contributed by atoms with E-state index in [1.54, 1.807) is 0 Å². The molecule has 0 radical (unpaired) electrons. The molecule has 4 nitrogen and oxygen atoms in total. The number of rotatable bonds is 3. The van der Waals surface area contributed by atoms with E-state index in [2.05, 4.69) is 0 Å². The van der Waals surface area contributed by atoms with Gasteiger partial charge in [-0.1, -0.05) is 0 Å². The molecule has 2 atom stereocenters. The van der Waals surface area contributed by atoms with Crippen molar-refractivity contribution in [3.8, 4) is 0 Å². The quantitative estimate of drug-likeness (QED) is 0.678. The van der Waals surface area contributed by atoms with Crippen LogP contribution in [0, 0.1) is 5.92 Å². The van der Waals surface area contributed by atoms with Gasteiger partial charge in [0.05, 0.1) is 0 Å². The molecule has 2 unspecified atom stereocenters. The largest absolute Gasteiger partial charge is 0.481 e. The predicted molar refractivity (Wildman–Crippen MR) is 48.4 cm³/mol. The molecule has 0 aliphatic carbocycles. The molecule has 76 valence electrons. The summed E-state index contributed by atoms with van der Waals surface area (Å²) in [7, 11) is 0. The molecule has 1 heterocycles. The third-order valence-corrected chi connectivity index (χ3v) is 2.56. The Morgan fingerprint density at radius 3 is 2.85 bits per heavy atom. The second-order valence-corrected chi connectivity index (χ2v) is 3.55. The van der Waals surface area contributed by atoms with Crippen LogP contribution in [0.2, 0.25) is 0 Å². The highest BCUT2D eigenvalue weighted by Gasteiger charge is 2.20. The molecule has 0 aromatic rings. The van der Waals surface area contributed by atoms with E-state index in [9.17, 15) is 4.79 Å². The van der Waals surface area contributed by atoms with E-state index in [4.69, 9.17) is 15.6 Å². The Labute approximate surface area is 78.1 Å². The van der Waals surface area contributed by atoms with E-state index in [0.717, 1.165) is 19.4 Å². The van der Waals surface area contributed by atoms with Crippen molar-refractivity contribution in [2.75, 3.05) is 13.2 Å². The summed E-state index contributed by atoms with van der Waals surface area (Å²) in [6, 6.07) is 0.113. The van der Waals surface area contributed by atoms with Gasteiger partial charge in [0, 0.05) is 25.7 Å². The highest BCUT2D eigenvalue weighted by Crippen LogP contribution is 2.19. The number of carboxylic acid groups (broad SMARTS) is 1. The van der Waals surface area contributed by atoms with Crippen LogP contribution >= 0.6 is 0 Å². The number of nitrogens with two attached hydrogens (primary N) is 1. The topological polar surface area (TPSA) is 72.5 Å². The lowest BCUT2D eigenvalue weighted by molar-refractivity contribution is -0.137. The minimum atomic E-state index is -0.739. The molecule has 0 aromatic heterocycles. The van der Waals surface area contributed by atoms with Crippen LogP contribution in [0.5, 0.6) is 0 Å². The average Bonchev–Trinajstić information content (AvgIpc) is 2.27. The summed E-state index contributed by atoms with van der Waals surface area (Å²) in [4.78, 5) is 10.4. The molecule has 0 saturated carbocycles. The van der Waals surface area contributed by atoms with Crippen LogP contribution in [0.15, 0.2) is 0 Å². The van der Waals surface area contributed by atoms with Gasteiger partial charge >= 0.3 is 5.97 Å². The van der Waals surface area contributed by atoms with E-state index in [1.807, 2.05) is 0 Å². The number of hydrogen-bond donors (Lipinski definition) is 2. The van der Waals surface area contributed by atoms with Crippen LogP contribution in [-0.2, 0) is 9.53 Å². The highest BCUT2D eigenvalue weighted by molar-refractivity contribution is 5.66. The molecule has 0 aromatic carbocycles. The lowest BCUT2D eigenvalue weighted by atomic mass is 9.91. The van der Waals surface area contributed by atoms with Crippen molar-refractivity contribution in [1.82, 2.24) is 0 Å². The first-order chi connectivity index (χ1) is 6.20. The Hall–Kier alpha value is -0.610. The van der Waals surface area contributed by atoms with E-state index in [1.165, 1.54) is 0 Å². The van der Waals surface area contributed by atoms with Crippen molar-refractivity contribution in [2.24, 2.45) is 11.7 Å². The first kappa shape index (κ1) is 10.5. The van der Waals surface area contributed by atoms with Gasteiger partial charge in [-0.15, -0.1) is 0 Å². The van der Waals surface area contributed by atoms with Crippen molar-refractivity contribution in [3.05, 3.63) is 0 Å². The minimum Gasteiger partial charge on any atom is -0.481 e. The van der Waals surface area contributed by atoms with Crippen molar-refractivity contribution in [3.63, 3.8) is 0 Å². The van der Waals surface area contributed by atoms with Crippen molar-refractivity contribution in [2.45, 2.75) is 31.7 Å². The molecule has 4 heteroatoms. The number of ether oxygens (including phenoxy) is 1. The summed E-state index contributed by atoms with van der Waals surface area (Å²) in [6.07, 6.45) is 2.65. The van der Waals surface area contributed by atoms with E-state index in [0.29, 0.717) is 18.9 Å². The van der Waals surface area contributed by atoms with Gasteiger partial charge in [0.2, 0.25) is 0 Å². The normalized spacial score (nSPS) is 29.6. The Kier molecular flexibility index (Phi) is 4.18. The summed E-state index contributed by atoms with van der Waals surface area (Å²) in [5, 5.41) is 8.53. The van der Waals surface area contributed by atoms with Gasteiger partial charge in [0.1, 0.15) is 0 Å². The maximum Gasteiger partial charge on any atom is 0.303 e. The number of carbonyl (C=O) groups is 1. The first-order valence-corrected chi connectivity index (χ1v) is 4.75. The molecule has 13 heavy (non-hydrogen) atoms. The summed E-state index contributed by atoms with van der Waals surface area (Å²) < 4.78 is 5.27. The van der Waals surface area contributed by atoms with Crippen LogP contribution in [0.1, 0.15) is 25.7 Å². The number of hydrogen-bond acceptors (Lipinski definition) is 3. The maximum atomic E-state index is 10.4. The van der Waals surface area contributed by atoms with Crippen LogP contribution in [0.3, 0.4) is 0 Å². The fourth-order valence-corrected chi connectivity index (χ4v) is 1.67. The molecule has 3 N–H and O–H groups in total. The van der Waals surface area contributed by atoms with E-state index in [-0.39, 0.29) is 12.5 Å². The fraction of sp³-hybridized carbons (Fsp3) is 0.889. The zero-order chi connectivity index (χ0) is 9.68. The van der Waals surface area contributed by atoms with E-state index < -0.39 is 5.97 Å². The van der Waals surface area contributed by atoms with Gasteiger partial charge in [-0.05, 0) is 25.2 Å². The van der Waals surface area contributed by atoms with Gasteiger partial charge < -0.3 is 15.6 Å². The molecular formula is C9H17NO3. The highest BCUT2D eigenvalue weighted by atomic mass is 16.5.